The highest BCUT2D eigenvalue weighted by molar-refractivity contribution is 5.97. The molecule has 0 unspecified atom stereocenters. The van der Waals surface area contributed by atoms with E-state index < -0.39 is 0 Å². The number of Topliss-reactive ketones (excluding diaryl/α,β-unsaturated/α-hetero) is 1. The summed E-state index contributed by atoms with van der Waals surface area (Å²) < 4.78 is 0. The third-order valence-electron chi connectivity index (χ3n) is 5.10. The maximum atomic E-state index is 12.3. The maximum Gasteiger partial charge on any atom is 0.222 e. The summed E-state index contributed by atoms with van der Waals surface area (Å²) in [6, 6.07) is 7.71. The minimum absolute atomic E-state index is 0.00131. The van der Waals surface area contributed by atoms with Crippen LogP contribution < -0.4 is 5.32 Å². The number of likely N-dealkylation sites (tertiary alicyclic amines) is 1. The average Bonchev–Trinajstić information content (AvgIpc) is 2.87. The number of nitrogens with zero attached hydrogens (tertiary/aromatic N) is 1. The van der Waals surface area contributed by atoms with Crippen molar-refractivity contribution in [2.24, 2.45) is 5.92 Å². The summed E-state index contributed by atoms with van der Waals surface area (Å²) in [5, 5.41) is 2.86. The summed E-state index contributed by atoms with van der Waals surface area (Å²) in [6.07, 6.45) is 6.00. The lowest BCUT2D eigenvalue weighted by Gasteiger charge is -2.20. The molecule has 1 aromatic rings. The fourth-order valence-corrected chi connectivity index (χ4v) is 3.53. The van der Waals surface area contributed by atoms with Crippen molar-refractivity contribution in [2.75, 3.05) is 19.6 Å². The monoisotopic (exact) mass is 386 g/mol. The number of nitrogens with one attached hydrogen (secondary N) is 1. The first-order chi connectivity index (χ1) is 13.5. The van der Waals surface area contributed by atoms with Gasteiger partial charge in [0.1, 0.15) is 0 Å². The van der Waals surface area contributed by atoms with Gasteiger partial charge in [0.25, 0.3) is 0 Å². The van der Waals surface area contributed by atoms with E-state index in [2.05, 4.69) is 19.2 Å². The molecule has 0 aliphatic carbocycles. The van der Waals surface area contributed by atoms with Gasteiger partial charge < -0.3 is 10.2 Å². The Labute approximate surface area is 168 Å². The number of ketones is 1. The van der Waals surface area contributed by atoms with Crippen LogP contribution in [0, 0.1) is 5.92 Å². The molecule has 0 saturated carbocycles. The van der Waals surface area contributed by atoms with Crippen LogP contribution in [0.2, 0.25) is 0 Å². The van der Waals surface area contributed by atoms with Gasteiger partial charge in [0.2, 0.25) is 11.8 Å². The predicted molar refractivity (Wildman–Crippen MR) is 111 cm³/mol. The normalized spacial score (nSPS) is 14.8. The number of amides is 2. The fourth-order valence-electron chi connectivity index (χ4n) is 3.53. The van der Waals surface area contributed by atoms with Gasteiger partial charge in [-0.05, 0) is 37.2 Å². The van der Waals surface area contributed by atoms with Gasteiger partial charge in [0, 0.05) is 44.5 Å². The number of benzene rings is 1. The second-order valence-corrected chi connectivity index (χ2v) is 8.11. The SMILES string of the molecule is CC(C)Cc1ccc(C(=O)CCC(=O)NCCCN2CCCCCC2=O)cc1. The Bertz CT molecular complexity index is 652. The molecule has 1 saturated heterocycles. The second-order valence-electron chi connectivity index (χ2n) is 8.11. The number of hydrogen-bond donors (Lipinski definition) is 1. The van der Waals surface area contributed by atoms with Crippen molar-refractivity contribution in [3.63, 3.8) is 0 Å². The second kappa shape index (κ2) is 11.6. The quantitative estimate of drug-likeness (QED) is 0.492. The van der Waals surface area contributed by atoms with Crippen molar-refractivity contribution in [1.29, 1.82) is 0 Å². The van der Waals surface area contributed by atoms with Crippen LogP contribution in [0.15, 0.2) is 24.3 Å². The van der Waals surface area contributed by atoms with Gasteiger partial charge in [-0.1, -0.05) is 44.5 Å². The third kappa shape index (κ3) is 7.83. The summed E-state index contributed by atoms with van der Waals surface area (Å²) in [6.45, 7) is 6.41. The molecule has 1 N–H and O–H groups in total. The topological polar surface area (TPSA) is 66.5 Å². The molecule has 2 rings (SSSR count). The summed E-state index contributed by atoms with van der Waals surface area (Å²) in [5.41, 5.74) is 1.90. The molecule has 0 atom stereocenters. The van der Waals surface area contributed by atoms with Crippen LogP contribution in [0.1, 0.15) is 74.7 Å². The molecular formula is C23H34N2O3. The van der Waals surface area contributed by atoms with E-state index in [-0.39, 0.29) is 30.4 Å². The van der Waals surface area contributed by atoms with Gasteiger partial charge in [-0.15, -0.1) is 0 Å². The minimum Gasteiger partial charge on any atom is -0.356 e. The lowest BCUT2D eigenvalue weighted by molar-refractivity contribution is -0.130. The zero-order valence-corrected chi connectivity index (χ0v) is 17.3. The standard InChI is InChI=1S/C23H34N2O3/c1-18(2)17-19-8-10-20(11-9-19)21(26)12-13-22(27)24-14-6-16-25-15-5-3-4-7-23(25)28/h8-11,18H,3-7,12-17H2,1-2H3,(H,24,27). The highest BCUT2D eigenvalue weighted by Gasteiger charge is 2.16. The molecule has 5 heteroatoms. The molecule has 1 aliphatic heterocycles. The lowest BCUT2D eigenvalue weighted by Crippen LogP contribution is -2.34. The molecule has 0 spiro atoms. The van der Waals surface area contributed by atoms with Crippen LogP contribution in [0.4, 0.5) is 0 Å². The summed E-state index contributed by atoms with van der Waals surface area (Å²) in [5.74, 6) is 0.713. The average molecular weight is 387 g/mol. The zero-order valence-electron chi connectivity index (χ0n) is 17.3. The lowest BCUT2D eigenvalue weighted by atomic mass is 9.99. The van der Waals surface area contributed by atoms with E-state index in [4.69, 9.17) is 0 Å². The first kappa shape index (κ1) is 22.1. The van der Waals surface area contributed by atoms with Gasteiger partial charge in [-0.3, -0.25) is 14.4 Å². The molecule has 1 aliphatic rings. The van der Waals surface area contributed by atoms with Crippen LogP contribution in [0.5, 0.6) is 0 Å². The van der Waals surface area contributed by atoms with Crippen molar-refractivity contribution in [3.05, 3.63) is 35.4 Å². The van der Waals surface area contributed by atoms with Crippen molar-refractivity contribution in [1.82, 2.24) is 10.2 Å². The molecule has 154 valence electrons. The molecule has 2 amide bonds. The first-order valence-corrected chi connectivity index (χ1v) is 10.6. The Balaban J connectivity index is 1.63. The summed E-state index contributed by atoms with van der Waals surface area (Å²) in [7, 11) is 0. The van der Waals surface area contributed by atoms with Gasteiger partial charge in [-0.2, -0.15) is 0 Å². The van der Waals surface area contributed by atoms with E-state index in [9.17, 15) is 14.4 Å². The van der Waals surface area contributed by atoms with E-state index in [0.29, 0.717) is 31.0 Å². The fraction of sp³-hybridized carbons (Fsp3) is 0.609. The Morgan fingerprint density at radius 2 is 1.82 bits per heavy atom. The van der Waals surface area contributed by atoms with Gasteiger partial charge in [0.15, 0.2) is 5.78 Å². The van der Waals surface area contributed by atoms with Crippen LogP contribution in [0.3, 0.4) is 0 Å². The maximum absolute atomic E-state index is 12.3. The molecule has 0 radical (unpaired) electrons. The molecule has 1 aromatic carbocycles. The van der Waals surface area contributed by atoms with Crippen molar-refractivity contribution in [2.45, 2.75) is 65.2 Å². The van der Waals surface area contributed by atoms with Crippen molar-refractivity contribution < 1.29 is 14.4 Å². The largest absolute Gasteiger partial charge is 0.356 e. The van der Waals surface area contributed by atoms with Gasteiger partial charge >= 0.3 is 0 Å². The number of carbonyl (C=O) groups excluding carboxylic acids is 3. The highest BCUT2D eigenvalue weighted by Crippen LogP contribution is 2.12. The Kier molecular flexibility index (Phi) is 9.18. The first-order valence-electron chi connectivity index (χ1n) is 10.6. The molecule has 28 heavy (non-hydrogen) atoms. The van der Waals surface area contributed by atoms with Crippen molar-refractivity contribution >= 4 is 17.6 Å². The van der Waals surface area contributed by atoms with E-state index >= 15 is 0 Å². The predicted octanol–water partition coefficient (Wildman–Crippen LogP) is 3.76. The minimum atomic E-state index is -0.105. The van der Waals surface area contributed by atoms with Crippen molar-refractivity contribution in [3.8, 4) is 0 Å². The highest BCUT2D eigenvalue weighted by atomic mass is 16.2. The molecule has 1 heterocycles. The van der Waals surface area contributed by atoms with Gasteiger partial charge in [0.05, 0.1) is 0 Å². The van der Waals surface area contributed by atoms with Crippen LogP contribution in [-0.2, 0) is 16.0 Å². The van der Waals surface area contributed by atoms with Crippen LogP contribution in [-0.4, -0.2) is 42.1 Å². The summed E-state index contributed by atoms with van der Waals surface area (Å²) in [4.78, 5) is 38.1. The van der Waals surface area contributed by atoms with E-state index in [1.807, 2.05) is 29.2 Å². The number of rotatable bonds is 10. The Morgan fingerprint density at radius 3 is 2.54 bits per heavy atom. The summed E-state index contributed by atoms with van der Waals surface area (Å²) >= 11 is 0. The van der Waals surface area contributed by atoms with E-state index in [1.54, 1.807) is 0 Å². The molecule has 0 aromatic heterocycles. The number of carbonyl (C=O) groups is 3. The smallest absolute Gasteiger partial charge is 0.222 e. The Hall–Kier alpha value is -2.17. The van der Waals surface area contributed by atoms with E-state index in [1.165, 1.54) is 5.56 Å². The molecule has 1 fully saturated rings. The third-order valence-corrected chi connectivity index (χ3v) is 5.10. The van der Waals surface area contributed by atoms with Gasteiger partial charge in [-0.25, -0.2) is 0 Å². The van der Waals surface area contributed by atoms with Crippen LogP contribution in [0.25, 0.3) is 0 Å². The number of hydrogen-bond acceptors (Lipinski definition) is 3. The zero-order chi connectivity index (χ0) is 20.4. The van der Waals surface area contributed by atoms with Crippen LogP contribution >= 0.6 is 0 Å². The molecular weight excluding hydrogens is 352 g/mol. The molecule has 0 bridgehead atoms. The van der Waals surface area contributed by atoms with E-state index in [0.717, 1.165) is 38.6 Å². The Morgan fingerprint density at radius 1 is 1.07 bits per heavy atom. The molecule has 5 nitrogen and oxygen atoms in total.